The summed E-state index contributed by atoms with van der Waals surface area (Å²) in [5.74, 6) is -1.44. The molecule has 0 unspecified atom stereocenters. The smallest absolute Gasteiger partial charge is 0.297 e. The van der Waals surface area contributed by atoms with Crippen molar-refractivity contribution >= 4 is 26.0 Å². The predicted molar refractivity (Wildman–Crippen MR) is 109 cm³/mol. The van der Waals surface area contributed by atoms with Crippen LogP contribution in [0.5, 0.6) is 0 Å². The Bertz CT molecular complexity index is 1160. The molecule has 2 atom stereocenters. The Labute approximate surface area is 186 Å². The van der Waals surface area contributed by atoms with E-state index in [0.717, 1.165) is 16.6 Å². The van der Waals surface area contributed by atoms with Gasteiger partial charge < -0.3 is 4.74 Å². The molecule has 0 bridgehead atoms. The van der Waals surface area contributed by atoms with Gasteiger partial charge in [-0.1, -0.05) is 22.0 Å². The summed E-state index contributed by atoms with van der Waals surface area (Å²) in [4.78, 5) is 3.91. The largest absolute Gasteiger partial charge is 0.363 e. The third kappa shape index (κ3) is 4.84. The second-order valence-corrected chi connectivity index (χ2v) is 9.71. The Morgan fingerprint density at radius 1 is 1.23 bits per heavy atom. The number of rotatable bonds is 7. The quantitative estimate of drug-likeness (QED) is 0.447. The summed E-state index contributed by atoms with van der Waals surface area (Å²) in [6.07, 6.45) is 2.98. The van der Waals surface area contributed by atoms with Crippen molar-refractivity contribution < 1.29 is 26.1 Å². The monoisotopic (exact) mass is 513 g/mol. The number of hydrogen-bond acceptors (Lipinski definition) is 6. The molecule has 0 N–H and O–H groups in total. The molecule has 0 saturated carbocycles. The minimum absolute atomic E-state index is 0.0205. The first-order valence-corrected chi connectivity index (χ1v) is 11.6. The maximum absolute atomic E-state index is 14.6. The van der Waals surface area contributed by atoms with E-state index in [0.29, 0.717) is 12.8 Å². The molecule has 0 radical (unpaired) electrons. The lowest BCUT2D eigenvalue weighted by atomic mass is 9.90. The summed E-state index contributed by atoms with van der Waals surface area (Å²) in [6.45, 7) is -0.105. The van der Waals surface area contributed by atoms with Crippen LogP contribution in [0.3, 0.4) is 0 Å². The van der Waals surface area contributed by atoms with Crippen molar-refractivity contribution in [2.24, 2.45) is 0 Å². The number of halogens is 3. The Morgan fingerprint density at radius 3 is 2.68 bits per heavy atom. The highest BCUT2D eigenvalue weighted by Crippen LogP contribution is 2.42. The van der Waals surface area contributed by atoms with Crippen LogP contribution in [0.1, 0.15) is 18.4 Å². The highest BCUT2D eigenvalue weighted by Gasteiger charge is 2.44. The highest BCUT2D eigenvalue weighted by atomic mass is 79.9. The number of ether oxygens (including phenoxy) is 1. The maximum Gasteiger partial charge on any atom is 0.297 e. The standard InChI is InChI=1S/C20H18BrF2N3O4S/c21-14-1-4-17(5-2-14)31(27,28)29-10-16-7-8-20(30-16,11-26-13-24-12-25-26)18-6-3-15(22)9-19(18)23/h1-6,9,12-13,16H,7-8,10-11H2/t16-,20-/m1/s1. The van der Waals surface area contributed by atoms with Gasteiger partial charge in [-0.3, -0.25) is 4.18 Å². The molecular formula is C20H18BrF2N3O4S. The molecule has 2 aromatic carbocycles. The maximum atomic E-state index is 14.6. The van der Waals surface area contributed by atoms with Gasteiger partial charge in [0.2, 0.25) is 0 Å². The second-order valence-electron chi connectivity index (χ2n) is 7.18. The van der Waals surface area contributed by atoms with E-state index < -0.39 is 33.5 Å². The van der Waals surface area contributed by atoms with Crippen LogP contribution in [0.2, 0.25) is 0 Å². The van der Waals surface area contributed by atoms with Crippen LogP contribution >= 0.6 is 15.9 Å². The molecule has 1 fully saturated rings. The molecule has 2 heterocycles. The Balaban J connectivity index is 1.53. The van der Waals surface area contributed by atoms with E-state index >= 15 is 0 Å². The van der Waals surface area contributed by atoms with Crippen molar-refractivity contribution in [2.75, 3.05) is 6.61 Å². The fourth-order valence-corrected chi connectivity index (χ4v) is 4.82. The van der Waals surface area contributed by atoms with E-state index in [1.54, 1.807) is 12.1 Å². The lowest BCUT2D eigenvalue weighted by molar-refractivity contribution is -0.0728. The fraction of sp³-hybridized carbons (Fsp3) is 0.300. The molecule has 3 aromatic rings. The summed E-state index contributed by atoms with van der Waals surface area (Å²) < 4.78 is 66.6. The van der Waals surface area contributed by atoms with Crippen LogP contribution in [-0.2, 0) is 31.2 Å². The van der Waals surface area contributed by atoms with E-state index in [4.69, 9.17) is 8.92 Å². The molecule has 0 spiro atoms. The molecule has 31 heavy (non-hydrogen) atoms. The Kier molecular flexibility index (Phi) is 6.20. The minimum atomic E-state index is -3.98. The first kappa shape index (κ1) is 22.0. The SMILES string of the molecule is O=S(=O)(OC[C@H]1CC[C@@](Cn2cncn2)(c2ccc(F)cc2F)O1)c1ccc(Br)cc1. The first-order chi connectivity index (χ1) is 14.8. The predicted octanol–water partition coefficient (Wildman–Crippen LogP) is 3.80. The van der Waals surface area contributed by atoms with Crippen LogP contribution < -0.4 is 0 Å². The highest BCUT2D eigenvalue weighted by molar-refractivity contribution is 9.10. The van der Waals surface area contributed by atoms with Gasteiger partial charge in [0.05, 0.1) is 24.2 Å². The van der Waals surface area contributed by atoms with Gasteiger partial charge in [0, 0.05) is 16.1 Å². The summed E-state index contributed by atoms with van der Waals surface area (Å²) in [6, 6.07) is 9.35. The molecule has 7 nitrogen and oxygen atoms in total. The van der Waals surface area contributed by atoms with Crippen LogP contribution in [-0.4, -0.2) is 35.9 Å². The first-order valence-electron chi connectivity index (χ1n) is 9.38. The molecule has 1 saturated heterocycles. The third-order valence-electron chi connectivity index (χ3n) is 5.08. The number of aromatic nitrogens is 3. The molecule has 11 heteroatoms. The van der Waals surface area contributed by atoms with Gasteiger partial charge in [0.1, 0.15) is 29.9 Å². The van der Waals surface area contributed by atoms with Crippen molar-refractivity contribution in [2.45, 2.75) is 36.0 Å². The molecule has 4 rings (SSSR count). The van der Waals surface area contributed by atoms with E-state index in [9.17, 15) is 17.2 Å². The van der Waals surface area contributed by atoms with Crippen molar-refractivity contribution in [3.05, 3.63) is 76.8 Å². The molecule has 1 aliphatic heterocycles. The average molecular weight is 514 g/mol. The molecule has 1 aliphatic rings. The zero-order valence-corrected chi connectivity index (χ0v) is 18.5. The van der Waals surface area contributed by atoms with Crippen LogP contribution in [0.15, 0.2) is 64.5 Å². The Hall–Kier alpha value is -2.21. The van der Waals surface area contributed by atoms with Crippen LogP contribution in [0, 0.1) is 11.6 Å². The summed E-state index contributed by atoms with van der Waals surface area (Å²) in [5.41, 5.74) is -0.997. The molecule has 0 amide bonds. The zero-order chi connectivity index (χ0) is 22.1. The fourth-order valence-electron chi connectivity index (χ4n) is 3.62. The van der Waals surface area contributed by atoms with Gasteiger partial charge in [-0.05, 0) is 43.2 Å². The minimum Gasteiger partial charge on any atom is -0.363 e. The van der Waals surface area contributed by atoms with Crippen molar-refractivity contribution in [3.63, 3.8) is 0 Å². The lowest BCUT2D eigenvalue weighted by Gasteiger charge is -2.30. The third-order valence-corrected chi connectivity index (χ3v) is 6.90. The molecule has 0 aliphatic carbocycles. The molecule has 164 valence electrons. The average Bonchev–Trinajstić information content (AvgIpc) is 3.38. The van der Waals surface area contributed by atoms with E-state index in [1.807, 2.05) is 0 Å². The van der Waals surface area contributed by atoms with Crippen molar-refractivity contribution in [1.29, 1.82) is 0 Å². The normalized spacial score (nSPS) is 21.5. The number of benzene rings is 2. The van der Waals surface area contributed by atoms with Gasteiger partial charge in [0.15, 0.2) is 0 Å². The topological polar surface area (TPSA) is 83.3 Å². The van der Waals surface area contributed by atoms with E-state index in [1.165, 1.54) is 35.5 Å². The lowest BCUT2D eigenvalue weighted by Crippen LogP contribution is -2.34. The number of nitrogens with zero attached hydrogens (tertiary/aromatic N) is 3. The summed E-state index contributed by atoms with van der Waals surface area (Å²) in [5, 5.41) is 4.05. The van der Waals surface area contributed by atoms with E-state index in [-0.39, 0.29) is 23.6 Å². The van der Waals surface area contributed by atoms with Gasteiger partial charge in [-0.25, -0.2) is 18.4 Å². The van der Waals surface area contributed by atoms with Gasteiger partial charge >= 0.3 is 0 Å². The summed E-state index contributed by atoms with van der Waals surface area (Å²) in [7, 11) is -3.98. The van der Waals surface area contributed by atoms with Crippen LogP contribution in [0.4, 0.5) is 8.78 Å². The Morgan fingerprint density at radius 2 is 2.00 bits per heavy atom. The molecular weight excluding hydrogens is 496 g/mol. The second kappa shape index (κ2) is 8.73. The number of hydrogen-bond donors (Lipinski definition) is 0. The van der Waals surface area contributed by atoms with Crippen molar-refractivity contribution in [3.8, 4) is 0 Å². The van der Waals surface area contributed by atoms with Gasteiger partial charge in [-0.15, -0.1) is 0 Å². The van der Waals surface area contributed by atoms with Gasteiger partial charge in [0.25, 0.3) is 10.1 Å². The van der Waals surface area contributed by atoms with Crippen LogP contribution in [0.25, 0.3) is 0 Å². The summed E-state index contributed by atoms with van der Waals surface area (Å²) >= 11 is 3.25. The molecule has 1 aromatic heterocycles. The van der Waals surface area contributed by atoms with E-state index in [2.05, 4.69) is 26.0 Å². The van der Waals surface area contributed by atoms with Crippen molar-refractivity contribution in [1.82, 2.24) is 14.8 Å². The zero-order valence-electron chi connectivity index (χ0n) is 16.1. The van der Waals surface area contributed by atoms with Gasteiger partial charge in [-0.2, -0.15) is 13.5 Å².